The zero-order valence-corrected chi connectivity index (χ0v) is 15.7. The van der Waals surface area contributed by atoms with Gasteiger partial charge in [-0.1, -0.05) is 12.1 Å². The molecule has 27 heavy (non-hydrogen) atoms. The van der Waals surface area contributed by atoms with Crippen LogP contribution in [-0.4, -0.2) is 61.7 Å². The number of thioether (sulfide) groups is 1. The van der Waals surface area contributed by atoms with Gasteiger partial charge in [-0.25, -0.2) is 9.67 Å². The summed E-state index contributed by atoms with van der Waals surface area (Å²) in [5.41, 5.74) is 1.49. The first-order valence-electron chi connectivity index (χ1n) is 8.72. The summed E-state index contributed by atoms with van der Waals surface area (Å²) in [6.07, 6.45) is 3.94. The number of H-pyrrole nitrogens is 1. The highest BCUT2D eigenvalue weighted by Crippen LogP contribution is 2.23. The van der Waals surface area contributed by atoms with E-state index in [1.807, 2.05) is 43.1 Å². The van der Waals surface area contributed by atoms with Crippen molar-refractivity contribution in [1.82, 2.24) is 24.6 Å². The van der Waals surface area contributed by atoms with E-state index in [0.717, 1.165) is 17.9 Å². The maximum atomic E-state index is 12.6. The lowest BCUT2D eigenvalue weighted by atomic mass is 10.2. The van der Waals surface area contributed by atoms with Crippen LogP contribution >= 0.6 is 11.8 Å². The Morgan fingerprint density at radius 3 is 3.11 bits per heavy atom. The maximum absolute atomic E-state index is 12.6. The summed E-state index contributed by atoms with van der Waals surface area (Å²) in [6.45, 7) is 0.331. The highest BCUT2D eigenvalue weighted by atomic mass is 32.2. The van der Waals surface area contributed by atoms with Crippen molar-refractivity contribution in [3.05, 3.63) is 47.1 Å². The number of likely N-dealkylation sites (N-methyl/N-ethyl adjacent to an activating group) is 1. The van der Waals surface area contributed by atoms with Gasteiger partial charge in [-0.15, -0.1) is 0 Å². The molecule has 0 saturated carbocycles. The van der Waals surface area contributed by atoms with Gasteiger partial charge < -0.3 is 10.3 Å². The number of hydrogen-bond donors (Lipinski definition) is 2. The van der Waals surface area contributed by atoms with Gasteiger partial charge in [0.1, 0.15) is 5.39 Å². The first-order chi connectivity index (χ1) is 13.1. The van der Waals surface area contributed by atoms with Crippen LogP contribution in [0.25, 0.3) is 16.7 Å². The summed E-state index contributed by atoms with van der Waals surface area (Å²) in [5, 5.41) is 7.66. The minimum Gasteiger partial charge on any atom is -0.323 e. The SMILES string of the molecule is CN(CC(=O)Nc1ccccc1-n1ncc2c(=O)[nH]cnc21)[C@H]1CCSC1. The number of nitrogens with zero attached hydrogens (tertiary/aromatic N) is 4. The van der Waals surface area contributed by atoms with Crippen molar-refractivity contribution in [3.8, 4) is 5.69 Å². The molecule has 2 aromatic heterocycles. The average Bonchev–Trinajstić information content (AvgIpc) is 3.33. The Kier molecular flexibility index (Phi) is 4.95. The topological polar surface area (TPSA) is 95.9 Å². The van der Waals surface area contributed by atoms with E-state index in [1.54, 1.807) is 4.68 Å². The lowest BCUT2D eigenvalue weighted by Gasteiger charge is -2.23. The molecule has 1 aliphatic heterocycles. The Balaban J connectivity index is 1.58. The van der Waals surface area contributed by atoms with E-state index in [-0.39, 0.29) is 11.5 Å². The number of hydrogen-bond acceptors (Lipinski definition) is 6. The number of fused-ring (bicyclic) bond motifs is 1. The van der Waals surface area contributed by atoms with Crippen molar-refractivity contribution in [2.24, 2.45) is 0 Å². The van der Waals surface area contributed by atoms with E-state index < -0.39 is 0 Å². The van der Waals surface area contributed by atoms with Gasteiger partial charge in [-0.05, 0) is 31.4 Å². The van der Waals surface area contributed by atoms with E-state index >= 15 is 0 Å². The molecule has 9 heteroatoms. The molecule has 0 bridgehead atoms. The number of nitrogens with one attached hydrogen (secondary N) is 2. The second-order valence-electron chi connectivity index (χ2n) is 6.52. The summed E-state index contributed by atoms with van der Waals surface area (Å²) in [5.74, 6) is 2.14. The van der Waals surface area contributed by atoms with E-state index in [2.05, 4.69) is 25.3 Å². The largest absolute Gasteiger partial charge is 0.323 e. The van der Waals surface area contributed by atoms with Crippen molar-refractivity contribution < 1.29 is 4.79 Å². The van der Waals surface area contributed by atoms with Crippen LogP contribution in [-0.2, 0) is 4.79 Å². The Morgan fingerprint density at radius 2 is 2.30 bits per heavy atom. The second kappa shape index (κ2) is 7.53. The van der Waals surface area contributed by atoms with Crippen LogP contribution in [0.1, 0.15) is 6.42 Å². The number of rotatable bonds is 5. The zero-order chi connectivity index (χ0) is 18.8. The van der Waals surface area contributed by atoms with E-state index in [1.165, 1.54) is 12.5 Å². The number of aromatic amines is 1. The fraction of sp³-hybridized carbons (Fsp3) is 0.333. The number of aromatic nitrogens is 4. The molecule has 3 aromatic rings. The van der Waals surface area contributed by atoms with Gasteiger partial charge in [0.25, 0.3) is 5.56 Å². The molecule has 0 radical (unpaired) electrons. The first kappa shape index (κ1) is 17.7. The van der Waals surface area contributed by atoms with Gasteiger partial charge in [0.15, 0.2) is 5.65 Å². The predicted molar refractivity (Wildman–Crippen MR) is 106 cm³/mol. The fourth-order valence-corrected chi connectivity index (χ4v) is 4.51. The predicted octanol–water partition coefficient (Wildman–Crippen LogP) is 1.48. The first-order valence-corrected chi connectivity index (χ1v) is 9.87. The number of amides is 1. The van der Waals surface area contributed by atoms with Crippen molar-refractivity contribution >= 4 is 34.4 Å². The Hall–Kier alpha value is -2.65. The lowest BCUT2D eigenvalue weighted by molar-refractivity contribution is -0.117. The highest BCUT2D eigenvalue weighted by Gasteiger charge is 2.22. The van der Waals surface area contributed by atoms with E-state index in [4.69, 9.17) is 0 Å². The molecule has 1 fully saturated rings. The van der Waals surface area contributed by atoms with Crippen LogP contribution in [0.4, 0.5) is 5.69 Å². The van der Waals surface area contributed by atoms with Crippen molar-refractivity contribution in [1.29, 1.82) is 0 Å². The smallest absolute Gasteiger partial charge is 0.261 e. The van der Waals surface area contributed by atoms with Crippen molar-refractivity contribution in [3.63, 3.8) is 0 Å². The van der Waals surface area contributed by atoms with Gasteiger partial charge in [-0.2, -0.15) is 16.9 Å². The summed E-state index contributed by atoms with van der Waals surface area (Å²) < 4.78 is 1.57. The van der Waals surface area contributed by atoms with Gasteiger partial charge in [0, 0.05) is 11.8 Å². The molecule has 0 aliphatic carbocycles. The van der Waals surface area contributed by atoms with E-state index in [0.29, 0.717) is 35.0 Å². The number of benzene rings is 1. The quantitative estimate of drug-likeness (QED) is 0.692. The number of carbonyl (C=O) groups excluding carboxylic acids is 1. The molecule has 140 valence electrons. The molecular formula is C18H20N6O2S. The van der Waals surface area contributed by atoms with Crippen LogP contribution in [0.15, 0.2) is 41.6 Å². The molecule has 1 aliphatic rings. The summed E-state index contributed by atoms with van der Waals surface area (Å²) >= 11 is 1.92. The van der Waals surface area contributed by atoms with E-state index in [9.17, 15) is 9.59 Å². The Bertz CT molecular complexity index is 1020. The lowest BCUT2D eigenvalue weighted by Crippen LogP contribution is -2.38. The molecule has 1 atom stereocenters. The second-order valence-corrected chi connectivity index (χ2v) is 7.67. The third kappa shape index (κ3) is 3.60. The minimum absolute atomic E-state index is 0.0795. The zero-order valence-electron chi connectivity index (χ0n) is 14.9. The summed E-state index contributed by atoms with van der Waals surface area (Å²) in [4.78, 5) is 33.3. The molecule has 1 saturated heterocycles. The van der Waals surface area contributed by atoms with Crippen LogP contribution in [0, 0.1) is 0 Å². The average molecular weight is 384 g/mol. The third-order valence-electron chi connectivity index (χ3n) is 4.70. The van der Waals surface area contributed by atoms with Crippen LogP contribution < -0.4 is 10.9 Å². The molecular weight excluding hydrogens is 364 g/mol. The molecule has 1 aromatic carbocycles. The minimum atomic E-state index is -0.246. The molecule has 8 nitrogen and oxygen atoms in total. The van der Waals surface area contributed by atoms with Gasteiger partial charge in [-0.3, -0.25) is 14.5 Å². The van der Waals surface area contributed by atoms with Crippen LogP contribution in [0.2, 0.25) is 0 Å². The highest BCUT2D eigenvalue weighted by molar-refractivity contribution is 7.99. The van der Waals surface area contributed by atoms with Crippen LogP contribution in [0.3, 0.4) is 0 Å². The van der Waals surface area contributed by atoms with Gasteiger partial charge >= 0.3 is 0 Å². The van der Waals surface area contributed by atoms with Crippen molar-refractivity contribution in [2.45, 2.75) is 12.5 Å². The molecule has 2 N–H and O–H groups in total. The molecule has 0 unspecified atom stereocenters. The summed E-state index contributed by atoms with van der Waals surface area (Å²) in [6, 6.07) is 7.80. The Morgan fingerprint density at radius 1 is 1.44 bits per heavy atom. The third-order valence-corrected chi connectivity index (χ3v) is 5.84. The standard InChI is InChI=1S/C18H20N6O2S/c1-23(12-6-7-27-10-12)9-16(25)22-14-4-2-3-5-15(14)24-17-13(8-21-24)18(26)20-11-19-17/h2-5,8,11-12H,6-7,9-10H2,1H3,(H,22,25)(H,19,20,26)/t12-/m0/s1. The number of carbonyl (C=O) groups is 1. The molecule has 3 heterocycles. The summed E-state index contributed by atoms with van der Waals surface area (Å²) in [7, 11) is 1.99. The van der Waals surface area contributed by atoms with Crippen molar-refractivity contribution in [2.75, 3.05) is 30.4 Å². The van der Waals surface area contributed by atoms with Crippen LogP contribution in [0.5, 0.6) is 0 Å². The van der Waals surface area contributed by atoms with Gasteiger partial charge in [0.2, 0.25) is 5.91 Å². The number of anilines is 1. The molecule has 4 rings (SSSR count). The van der Waals surface area contributed by atoms with Gasteiger partial charge in [0.05, 0.1) is 30.4 Å². The fourth-order valence-electron chi connectivity index (χ4n) is 3.21. The monoisotopic (exact) mass is 384 g/mol. The molecule has 0 spiro atoms. The number of para-hydroxylation sites is 2. The molecule has 1 amide bonds. The normalized spacial score (nSPS) is 16.9. The Labute approximate surface area is 160 Å². The maximum Gasteiger partial charge on any atom is 0.261 e.